The van der Waals surface area contributed by atoms with Crippen LogP contribution < -0.4 is 5.73 Å². The molecule has 1 aromatic carbocycles. The van der Waals surface area contributed by atoms with Crippen LogP contribution in [0.15, 0.2) is 47.1 Å². The maximum absolute atomic E-state index is 12.8. The molecule has 1 aromatic heterocycles. The topological polar surface area (TPSA) is 59.4 Å². The molecule has 3 N–H and O–H groups in total. The third-order valence-corrected chi connectivity index (χ3v) is 2.77. The van der Waals surface area contributed by atoms with Gasteiger partial charge in [0.25, 0.3) is 0 Å². The number of halogens is 1. The van der Waals surface area contributed by atoms with Crippen molar-refractivity contribution in [3.63, 3.8) is 0 Å². The van der Waals surface area contributed by atoms with Gasteiger partial charge >= 0.3 is 0 Å². The van der Waals surface area contributed by atoms with Gasteiger partial charge in [0.15, 0.2) is 0 Å². The summed E-state index contributed by atoms with van der Waals surface area (Å²) >= 11 is 0. The molecule has 0 fully saturated rings. The van der Waals surface area contributed by atoms with E-state index < -0.39 is 6.10 Å². The normalized spacial score (nSPS) is 14.5. The average molecular weight is 235 g/mol. The number of rotatable bonds is 4. The Labute approximate surface area is 98.7 Å². The Balaban J connectivity index is 2.24. The second-order valence-electron chi connectivity index (χ2n) is 3.85. The number of hydrogen-bond acceptors (Lipinski definition) is 3. The van der Waals surface area contributed by atoms with E-state index in [1.807, 2.05) is 0 Å². The lowest BCUT2D eigenvalue weighted by Crippen LogP contribution is -2.19. The minimum Gasteiger partial charge on any atom is -0.467 e. The molecule has 3 nitrogen and oxygen atoms in total. The van der Waals surface area contributed by atoms with E-state index in [2.05, 4.69) is 0 Å². The van der Waals surface area contributed by atoms with Crippen molar-refractivity contribution in [3.05, 3.63) is 59.8 Å². The highest BCUT2D eigenvalue weighted by molar-refractivity contribution is 5.24. The highest BCUT2D eigenvalue weighted by atomic mass is 19.1. The molecule has 0 saturated carbocycles. The Morgan fingerprint density at radius 2 is 1.94 bits per heavy atom. The highest BCUT2D eigenvalue weighted by Gasteiger charge is 2.23. The third-order valence-electron chi connectivity index (χ3n) is 2.77. The number of nitrogens with two attached hydrogens (primary N) is 1. The van der Waals surface area contributed by atoms with Gasteiger partial charge in [0.1, 0.15) is 17.7 Å². The first kappa shape index (κ1) is 11.8. The molecule has 2 rings (SSSR count). The average Bonchev–Trinajstić information content (AvgIpc) is 2.86. The number of aliphatic hydroxyl groups is 1. The first-order chi connectivity index (χ1) is 8.22. The van der Waals surface area contributed by atoms with Gasteiger partial charge in [-0.1, -0.05) is 12.1 Å². The van der Waals surface area contributed by atoms with Crippen molar-refractivity contribution in [2.45, 2.75) is 12.0 Å². The fraction of sp³-hybridized carbons (Fsp3) is 0.231. The van der Waals surface area contributed by atoms with Crippen molar-refractivity contribution in [2.24, 2.45) is 5.73 Å². The molecule has 0 aliphatic heterocycles. The van der Waals surface area contributed by atoms with E-state index in [1.54, 1.807) is 24.3 Å². The molecule has 2 atom stereocenters. The molecule has 0 spiro atoms. The summed E-state index contributed by atoms with van der Waals surface area (Å²) in [6, 6.07) is 9.35. The van der Waals surface area contributed by atoms with Crippen LogP contribution in [0.25, 0.3) is 0 Å². The van der Waals surface area contributed by atoms with Crippen LogP contribution in [0.5, 0.6) is 0 Å². The smallest absolute Gasteiger partial charge is 0.132 e. The summed E-state index contributed by atoms with van der Waals surface area (Å²) in [6.07, 6.45) is 0.678. The zero-order valence-electron chi connectivity index (χ0n) is 9.21. The second kappa shape index (κ2) is 5.12. The monoisotopic (exact) mass is 235 g/mol. The Bertz CT molecular complexity index is 453. The molecule has 0 amide bonds. The summed E-state index contributed by atoms with van der Waals surface area (Å²) in [6.45, 7) is 0.257. The zero-order valence-corrected chi connectivity index (χ0v) is 9.21. The molecule has 0 aliphatic carbocycles. The van der Waals surface area contributed by atoms with E-state index in [1.165, 1.54) is 18.4 Å². The first-order valence-electron chi connectivity index (χ1n) is 5.39. The van der Waals surface area contributed by atoms with E-state index >= 15 is 0 Å². The molecular weight excluding hydrogens is 221 g/mol. The second-order valence-corrected chi connectivity index (χ2v) is 3.85. The molecule has 0 saturated heterocycles. The van der Waals surface area contributed by atoms with E-state index in [-0.39, 0.29) is 18.3 Å². The minimum absolute atomic E-state index is 0.257. The molecule has 0 bridgehead atoms. The third kappa shape index (κ3) is 2.54. The van der Waals surface area contributed by atoms with Crippen molar-refractivity contribution in [2.75, 3.05) is 6.54 Å². The van der Waals surface area contributed by atoms with Crippen LogP contribution in [-0.4, -0.2) is 11.7 Å². The lowest BCUT2D eigenvalue weighted by Gasteiger charge is -2.20. The van der Waals surface area contributed by atoms with Gasteiger partial charge in [-0.05, 0) is 29.8 Å². The van der Waals surface area contributed by atoms with Crippen LogP contribution >= 0.6 is 0 Å². The van der Waals surface area contributed by atoms with Crippen molar-refractivity contribution in [3.8, 4) is 0 Å². The summed E-state index contributed by atoms with van der Waals surface area (Å²) in [4.78, 5) is 0. The van der Waals surface area contributed by atoms with Gasteiger partial charge in [0.05, 0.1) is 6.26 Å². The molecule has 17 heavy (non-hydrogen) atoms. The molecule has 2 aromatic rings. The number of hydrogen-bond donors (Lipinski definition) is 2. The quantitative estimate of drug-likeness (QED) is 0.854. The Morgan fingerprint density at radius 3 is 2.47 bits per heavy atom. The van der Waals surface area contributed by atoms with Crippen molar-refractivity contribution in [1.82, 2.24) is 0 Å². The summed E-state index contributed by atoms with van der Waals surface area (Å²) in [5, 5.41) is 10.1. The van der Waals surface area contributed by atoms with E-state index in [9.17, 15) is 9.50 Å². The minimum atomic E-state index is -0.819. The zero-order chi connectivity index (χ0) is 12.3. The largest absolute Gasteiger partial charge is 0.467 e. The van der Waals surface area contributed by atoms with Gasteiger partial charge in [-0.15, -0.1) is 0 Å². The van der Waals surface area contributed by atoms with Crippen molar-refractivity contribution >= 4 is 0 Å². The fourth-order valence-corrected chi connectivity index (χ4v) is 1.82. The summed E-state index contributed by atoms with van der Waals surface area (Å²) in [5.41, 5.74) is 6.44. The fourth-order valence-electron chi connectivity index (χ4n) is 1.82. The maximum Gasteiger partial charge on any atom is 0.132 e. The van der Waals surface area contributed by atoms with Crippen molar-refractivity contribution in [1.29, 1.82) is 0 Å². The van der Waals surface area contributed by atoms with Crippen LogP contribution in [0.4, 0.5) is 4.39 Å². The molecule has 0 radical (unpaired) electrons. The van der Waals surface area contributed by atoms with Gasteiger partial charge in [-0.25, -0.2) is 4.39 Å². The van der Waals surface area contributed by atoms with Crippen LogP contribution in [-0.2, 0) is 0 Å². The van der Waals surface area contributed by atoms with Gasteiger partial charge in [-0.2, -0.15) is 0 Å². The Morgan fingerprint density at radius 1 is 1.24 bits per heavy atom. The van der Waals surface area contributed by atoms with E-state index in [0.29, 0.717) is 5.76 Å². The Kier molecular flexibility index (Phi) is 3.56. The number of aliphatic hydroxyl groups excluding tert-OH is 1. The summed E-state index contributed by atoms with van der Waals surface area (Å²) in [5.74, 6) is -0.150. The number of furan rings is 1. The van der Waals surface area contributed by atoms with E-state index in [4.69, 9.17) is 10.2 Å². The van der Waals surface area contributed by atoms with E-state index in [0.717, 1.165) is 5.56 Å². The predicted octanol–water partition coefficient (Wildman–Crippen LogP) is 2.19. The van der Waals surface area contributed by atoms with Crippen LogP contribution in [0.1, 0.15) is 23.3 Å². The molecule has 2 unspecified atom stereocenters. The maximum atomic E-state index is 12.8. The molecule has 4 heteroatoms. The van der Waals surface area contributed by atoms with Crippen molar-refractivity contribution < 1.29 is 13.9 Å². The molecule has 1 heterocycles. The van der Waals surface area contributed by atoms with Gasteiger partial charge < -0.3 is 15.3 Å². The lowest BCUT2D eigenvalue weighted by atomic mass is 9.92. The standard InChI is InChI=1S/C13H14FNO2/c14-10-5-3-9(4-6-10)11(8-15)13(16)12-2-1-7-17-12/h1-7,11,13,16H,8,15H2. The first-order valence-corrected chi connectivity index (χ1v) is 5.39. The van der Waals surface area contributed by atoms with Crippen LogP contribution in [0, 0.1) is 5.82 Å². The van der Waals surface area contributed by atoms with Gasteiger partial charge in [0, 0.05) is 12.5 Å². The van der Waals surface area contributed by atoms with Gasteiger partial charge in [-0.3, -0.25) is 0 Å². The molecular formula is C13H14FNO2. The SMILES string of the molecule is NCC(c1ccc(F)cc1)C(O)c1ccco1. The van der Waals surface area contributed by atoms with Crippen LogP contribution in [0.2, 0.25) is 0 Å². The van der Waals surface area contributed by atoms with Crippen LogP contribution in [0.3, 0.4) is 0 Å². The Hall–Kier alpha value is -1.65. The molecule has 0 aliphatic rings. The molecule has 90 valence electrons. The lowest BCUT2D eigenvalue weighted by molar-refractivity contribution is 0.122. The summed E-state index contributed by atoms with van der Waals surface area (Å²) < 4.78 is 18.0. The summed E-state index contributed by atoms with van der Waals surface area (Å²) in [7, 11) is 0. The predicted molar refractivity (Wildman–Crippen MR) is 61.9 cm³/mol. The highest BCUT2D eigenvalue weighted by Crippen LogP contribution is 2.30. The van der Waals surface area contributed by atoms with Gasteiger partial charge in [0.2, 0.25) is 0 Å². The number of benzene rings is 1.